The van der Waals surface area contributed by atoms with E-state index in [1.165, 1.54) is 64.7 Å². The topological polar surface area (TPSA) is 13.1 Å². The molecule has 0 aliphatic heterocycles. The van der Waals surface area contributed by atoms with E-state index in [1.54, 1.807) is 0 Å². The van der Waals surface area contributed by atoms with E-state index >= 15 is 0 Å². The van der Waals surface area contributed by atoms with Gasteiger partial charge in [0.05, 0.1) is 0 Å². The highest BCUT2D eigenvalue weighted by Crippen LogP contribution is 2.45. The smallest absolute Gasteiger partial charge is 0.136 e. The molecular weight excluding hydrogens is 625 g/mol. The number of thiophene rings is 1. The molecule has 0 fully saturated rings. The van der Waals surface area contributed by atoms with Gasteiger partial charge in [0.15, 0.2) is 0 Å². The van der Waals surface area contributed by atoms with Crippen LogP contribution in [0.5, 0.6) is 0 Å². The molecule has 0 N–H and O–H groups in total. The predicted octanol–water partition coefficient (Wildman–Crippen LogP) is 14.3. The van der Waals surface area contributed by atoms with Gasteiger partial charge in [-0.15, -0.1) is 11.3 Å². The number of benzene rings is 8. The van der Waals surface area contributed by atoms with Gasteiger partial charge < -0.3 is 4.42 Å². The van der Waals surface area contributed by atoms with Crippen molar-refractivity contribution in [2.24, 2.45) is 0 Å². The fourth-order valence-electron chi connectivity index (χ4n) is 7.54. The Morgan fingerprint density at radius 3 is 1.70 bits per heavy atom. The first-order valence-corrected chi connectivity index (χ1v) is 17.8. The van der Waals surface area contributed by atoms with Crippen molar-refractivity contribution in [3.05, 3.63) is 182 Å². The van der Waals surface area contributed by atoms with Gasteiger partial charge in [0.25, 0.3) is 0 Å². The molecule has 0 saturated carbocycles. The summed E-state index contributed by atoms with van der Waals surface area (Å²) in [7, 11) is 0. The molecule has 1 nitrogen and oxygen atoms in total. The summed E-state index contributed by atoms with van der Waals surface area (Å²) < 4.78 is 9.17. The number of furan rings is 1. The molecule has 0 aliphatic rings. The fourth-order valence-corrected chi connectivity index (χ4v) is 8.68. The molecule has 2 heterocycles. The molecule has 2 aromatic heterocycles. The predicted molar refractivity (Wildman–Crippen MR) is 214 cm³/mol. The Morgan fingerprint density at radius 1 is 0.300 bits per heavy atom. The van der Waals surface area contributed by atoms with Gasteiger partial charge in [-0.2, -0.15) is 0 Å². The first kappa shape index (κ1) is 28.8. The normalized spacial score (nSPS) is 11.6. The minimum Gasteiger partial charge on any atom is -0.456 e. The third kappa shape index (κ3) is 4.76. The van der Waals surface area contributed by atoms with E-state index in [0.29, 0.717) is 0 Å². The average molecular weight is 655 g/mol. The monoisotopic (exact) mass is 654 g/mol. The van der Waals surface area contributed by atoms with Crippen LogP contribution in [0.15, 0.2) is 186 Å². The van der Waals surface area contributed by atoms with Crippen LogP contribution in [-0.2, 0) is 0 Å². The molecule has 0 aliphatic carbocycles. The standard InChI is InChI=1S/C48H30OS/c1-3-12-31(13-4-1)35-26-27-37(41(28-35)32-14-5-2-6-15-32)33-22-24-34(25-23-33)42-29-36(30-44-47(42)39-16-7-9-19-43(39)49-44)38-18-11-21-46-48(38)40-17-8-10-20-45(40)50-46/h1-30H. The highest BCUT2D eigenvalue weighted by Gasteiger charge is 2.18. The van der Waals surface area contributed by atoms with Gasteiger partial charge in [-0.05, 0) is 92.0 Å². The maximum absolute atomic E-state index is 6.57. The van der Waals surface area contributed by atoms with Crippen LogP contribution < -0.4 is 0 Å². The minimum absolute atomic E-state index is 0.905. The Balaban J connectivity index is 1.15. The van der Waals surface area contributed by atoms with Crippen molar-refractivity contribution < 1.29 is 4.42 Å². The lowest BCUT2D eigenvalue weighted by Gasteiger charge is -2.14. The van der Waals surface area contributed by atoms with Crippen molar-refractivity contribution in [2.45, 2.75) is 0 Å². The zero-order chi connectivity index (χ0) is 33.0. The van der Waals surface area contributed by atoms with Gasteiger partial charge in [-0.1, -0.05) is 146 Å². The lowest BCUT2D eigenvalue weighted by Crippen LogP contribution is -1.89. The third-order valence-electron chi connectivity index (χ3n) is 9.91. The third-order valence-corrected chi connectivity index (χ3v) is 11.0. The Morgan fingerprint density at radius 2 is 0.900 bits per heavy atom. The molecule has 10 rings (SSSR count). The van der Waals surface area contributed by atoms with E-state index in [9.17, 15) is 0 Å². The minimum atomic E-state index is 0.905. The van der Waals surface area contributed by atoms with E-state index < -0.39 is 0 Å². The molecule has 0 spiro atoms. The summed E-state index contributed by atoms with van der Waals surface area (Å²) in [6.07, 6.45) is 0. The lowest BCUT2D eigenvalue weighted by molar-refractivity contribution is 0.669. The Kier molecular flexibility index (Phi) is 6.75. The van der Waals surface area contributed by atoms with Gasteiger partial charge >= 0.3 is 0 Å². The summed E-state index contributed by atoms with van der Waals surface area (Å²) in [6, 6.07) is 65.6. The molecule has 50 heavy (non-hydrogen) atoms. The quantitative estimate of drug-likeness (QED) is 0.180. The highest BCUT2D eigenvalue weighted by molar-refractivity contribution is 7.25. The Hall–Kier alpha value is -6.22. The molecule has 2 heteroatoms. The van der Waals surface area contributed by atoms with Crippen LogP contribution in [0.2, 0.25) is 0 Å². The summed E-state index contributed by atoms with van der Waals surface area (Å²) in [6.45, 7) is 0. The zero-order valence-electron chi connectivity index (χ0n) is 27.1. The maximum Gasteiger partial charge on any atom is 0.136 e. The lowest BCUT2D eigenvalue weighted by atomic mass is 9.89. The van der Waals surface area contributed by atoms with Gasteiger partial charge in [-0.3, -0.25) is 0 Å². The first-order chi connectivity index (χ1) is 24.8. The van der Waals surface area contributed by atoms with E-state index in [0.717, 1.165) is 33.1 Å². The average Bonchev–Trinajstić information content (AvgIpc) is 3.77. The van der Waals surface area contributed by atoms with Gasteiger partial charge in [0.1, 0.15) is 11.2 Å². The van der Waals surface area contributed by atoms with Crippen LogP contribution in [0, 0.1) is 0 Å². The zero-order valence-corrected chi connectivity index (χ0v) is 28.0. The van der Waals surface area contributed by atoms with Crippen molar-refractivity contribution in [3.8, 4) is 55.6 Å². The molecule has 234 valence electrons. The maximum atomic E-state index is 6.57. The summed E-state index contributed by atoms with van der Waals surface area (Å²) in [5.74, 6) is 0. The van der Waals surface area contributed by atoms with E-state index in [-0.39, 0.29) is 0 Å². The number of hydrogen-bond acceptors (Lipinski definition) is 2. The second-order valence-corrected chi connectivity index (χ2v) is 13.9. The largest absolute Gasteiger partial charge is 0.456 e. The number of hydrogen-bond donors (Lipinski definition) is 0. The summed E-state index contributed by atoms with van der Waals surface area (Å²) in [5.41, 5.74) is 13.8. The van der Waals surface area contributed by atoms with Gasteiger partial charge in [-0.25, -0.2) is 0 Å². The van der Waals surface area contributed by atoms with Crippen molar-refractivity contribution in [1.82, 2.24) is 0 Å². The van der Waals surface area contributed by atoms with E-state index in [4.69, 9.17) is 4.42 Å². The Labute approximate surface area is 294 Å². The molecule has 0 bridgehead atoms. The van der Waals surface area contributed by atoms with E-state index in [1.807, 2.05) is 17.4 Å². The molecule has 0 atom stereocenters. The van der Waals surface area contributed by atoms with Crippen molar-refractivity contribution >= 4 is 53.4 Å². The molecule has 0 saturated heterocycles. The van der Waals surface area contributed by atoms with Crippen LogP contribution in [-0.4, -0.2) is 0 Å². The van der Waals surface area contributed by atoms with Crippen LogP contribution in [0.25, 0.3) is 97.7 Å². The summed E-state index contributed by atoms with van der Waals surface area (Å²) in [4.78, 5) is 0. The van der Waals surface area contributed by atoms with Crippen LogP contribution in [0.1, 0.15) is 0 Å². The van der Waals surface area contributed by atoms with Gasteiger partial charge in [0.2, 0.25) is 0 Å². The molecule has 10 aromatic rings. The second-order valence-electron chi connectivity index (χ2n) is 12.8. The van der Waals surface area contributed by atoms with Crippen LogP contribution in [0.4, 0.5) is 0 Å². The Bertz CT molecular complexity index is 2840. The van der Waals surface area contributed by atoms with Crippen LogP contribution in [0.3, 0.4) is 0 Å². The first-order valence-electron chi connectivity index (χ1n) is 17.0. The highest BCUT2D eigenvalue weighted by atomic mass is 32.1. The molecule has 0 amide bonds. The SMILES string of the molecule is c1ccc(-c2ccc(-c3ccc(-c4cc(-c5cccc6sc7ccccc7c56)cc5oc6ccccc6c45)cc3)c(-c3ccccc3)c2)cc1. The molecule has 0 radical (unpaired) electrons. The molecular formula is C48H30OS. The fraction of sp³-hybridized carbons (Fsp3) is 0. The number of fused-ring (bicyclic) bond motifs is 6. The van der Waals surface area contributed by atoms with E-state index in [2.05, 4.69) is 176 Å². The van der Waals surface area contributed by atoms with Crippen LogP contribution >= 0.6 is 11.3 Å². The van der Waals surface area contributed by atoms with Gasteiger partial charge in [0, 0.05) is 30.9 Å². The summed E-state index contributed by atoms with van der Waals surface area (Å²) >= 11 is 1.85. The second kappa shape index (κ2) is 11.7. The molecule has 0 unspecified atom stereocenters. The number of rotatable bonds is 5. The van der Waals surface area contributed by atoms with Crippen molar-refractivity contribution in [2.75, 3.05) is 0 Å². The summed E-state index contributed by atoms with van der Waals surface area (Å²) in [5, 5.41) is 4.88. The molecule has 8 aromatic carbocycles. The number of para-hydroxylation sites is 1. The van der Waals surface area contributed by atoms with Crippen molar-refractivity contribution in [1.29, 1.82) is 0 Å². The van der Waals surface area contributed by atoms with Crippen molar-refractivity contribution in [3.63, 3.8) is 0 Å².